The van der Waals surface area contributed by atoms with Crippen LogP contribution in [0, 0.1) is 0 Å². The van der Waals surface area contributed by atoms with Gasteiger partial charge in [-0.15, -0.1) is 11.3 Å². The minimum Gasteiger partial charge on any atom is -0.493 e. The molecule has 1 aliphatic heterocycles. The van der Waals surface area contributed by atoms with Crippen molar-refractivity contribution in [2.75, 3.05) is 38.8 Å². The maximum absolute atomic E-state index is 13.4. The van der Waals surface area contributed by atoms with Gasteiger partial charge in [-0.3, -0.25) is 4.79 Å². The summed E-state index contributed by atoms with van der Waals surface area (Å²) in [7, 11) is 3.74. The number of hydrogen-bond acceptors (Lipinski definition) is 5. The Kier molecular flexibility index (Phi) is 7.45. The Balaban J connectivity index is 1.41. The average Bonchev–Trinajstić information content (AvgIpc) is 3.32. The summed E-state index contributed by atoms with van der Waals surface area (Å²) < 4.78 is 11.3. The lowest BCUT2D eigenvalue weighted by molar-refractivity contribution is -0.118. The quantitative estimate of drug-likeness (QED) is 0.476. The molecule has 1 aliphatic rings. The molecule has 2 aromatic carbocycles. The number of para-hydroxylation sites is 3. The molecule has 4 rings (SSSR count). The van der Waals surface area contributed by atoms with E-state index in [1.165, 1.54) is 5.56 Å². The molecule has 32 heavy (non-hydrogen) atoms. The van der Waals surface area contributed by atoms with E-state index in [1.54, 1.807) is 18.4 Å². The maximum Gasteiger partial charge on any atom is 0.232 e. The van der Waals surface area contributed by atoms with Crippen LogP contribution in [0.2, 0.25) is 0 Å². The van der Waals surface area contributed by atoms with Crippen LogP contribution in [0.1, 0.15) is 16.9 Å². The van der Waals surface area contributed by atoms with Crippen molar-refractivity contribution < 1.29 is 14.3 Å². The second-order valence-corrected chi connectivity index (χ2v) is 9.13. The molecule has 0 radical (unpaired) electrons. The van der Waals surface area contributed by atoms with E-state index >= 15 is 0 Å². The highest BCUT2D eigenvalue weighted by atomic mass is 32.1. The van der Waals surface area contributed by atoms with Crippen LogP contribution in [-0.4, -0.2) is 50.7 Å². The van der Waals surface area contributed by atoms with Crippen LogP contribution < -0.4 is 14.4 Å². The lowest BCUT2D eigenvalue weighted by atomic mass is 9.95. The van der Waals surface area contributed by atoms with Gasteiger partial charge < -0.3 is 19.3 Å². The molecule has 1 unspecified atom stereocenters. The van der Waals surface area contributed by atoms with Gasteiger partial charge in [-0.05, 0) is 55.1 Å². The van der Waals surface area contributed by atoms with Crippen LogP contribution in [-0.2, 0) is 17.6 Å². The van der Waals surface area contributed by atoms with E-state index in [-0.39, 0.29) is 11.9 Å². The summed E-state index contributed by atoms with van der Waals surface area (Å²) in [6.45, 7) is 2.13. The van der Waals surface area contributed by atoms with E-state index in [0.717, 1.165) is 48.0 Å². The number of anilines is 1. The van der Waals surface area contributed by atoms with Crippen molar-refractivity contribution >= 4 is 22.9 Å². The van der Waals surface area contributed by atoms with Crippen LogP contribution in [0.5, 0.6) is 11.5 Å². The Morgan fingerprint density at radius 2 is 1.88 bits per heavy atom. The van der Waals surface area contributed by atoms with Gasteiger partial charge in [-0.25, -0.2) is 0 Å². The molecule has 3 aromatic rings. The monoisotopic (exact) mass is 450 g/mol. The summed E-state index contributed by atoms with van der Waals surface area (Å²) in [5.74, 6) is 1.66. The molecule has 0 N–H and O–H groups in total. The Morgan fingerprint density at radius 3 is 2.66 bits per heavy atom. The summed E-state index contributed by atoms with van der Waals surface area (Å²) in [4.78, 5) is 18.8. The standard InChI is InChI=1S/C26H30N2O3S/c1-27(15-16-31-25-12-6-5-11-24(25)30-2)19-21-14-13-20-8-3-4-10-23(20)28(21)26(29)18-22-9-7-17-32-22/h3-12,17,21H,13-16,18-19H2,1-2H3. The van der Waals surface area contributed by atoms with Gasteiger partial charge in [0, 0.05) is 29.7 Å². The van der Waals surface area contributed by atoms with Gasteiger partial charge in [0.1, 0.15) is 6.61 Å². The molecule has 1 aromatic heterocycles. The number of ether oxygens (including phenoxy) is 2. The molecule has 5 nitrogen and oxygen atoms in total. The van der Waals surface area contributed by atoms with Gasteiger partial charge in [0.2, 0.25) is 5.91 Å². The van der Waals surface area contributed by atoms with Crippen molar-refractivity contribution in [1.29, 1.82) is 0 Å². The van der Waals surface area contributed by atoms with E-state index in [9.17, 15) is 4.79 Å². The first-order chi connectivity index (χ1) is 15.7. The third kappa shape index (κ3) is 5.31. The number of thiophene rings is 1. The number of hydrogen-bond donors (Lipinski definition) is 0. The number of carbonyl (C=O) groups excluding carboxylic acids is 1. The molecule has 0 aliphatic carbocycles. The van der Waals surface area contributed by atoms with Gasteiger partial charge >= 0.3 is 0 Å². The highest BCUT2D eigenvalue weighted by Gasteiger charge is 2.31. The number of benzene rings is 2. The lowest BCUT2D eigenvalue weighted by Crippen LogP contribution is -2.50. The second-order valence-electron chi connectivity index (χ2n) is 8.10. The first-order valence-electron chi connectivity index (χ1n) is 11.0. The SMILES string of the molecule is COc1ccccc1OCCN(C)CC1CCc2ccccc2N1C(=O)Cc1cccs1. The molecule has 0 saturated heterocycles. The zero-order chi connectivity index (χ0) is 22.3. The molecule has 0 fully saturated rings. The molecule has 168 valence electrons. The molecule has 6 heteroatoms. The summed E-state index contributed by atoms with van der Waals surface area (Å²) in [5.41, 5.74) is 2.31. The average molecular weight is 451 g/mol. The summed E-state index contributed by atoms with van der Waals surface area (Å²) in [6, 6.07) is 20.2. The fourth-order valence-electron chi connectivity index (χ4n) is 4.26. The van der Waals surface area contributed by atoms with Gasteiger partial charge in [-0.2, -0.15) is 0 Å². The number of fused-ring (bicyclic) bond motifs is 1. The van der Waals surface area contributed by atoms with Crippen LogP contribution in [0.15, 0.2) is 66.0 Å². The van der Waals surface area contributed by atoms with Gasteiger partial charge in [0.25, 0.3) is 0 Å². The van der Waals surface area contributed by atoms with Crippen molar-refractivity contribution in [3.8, 4) is 11.5 Å². The van der Waals surface area contributed by atoms with E-state index in [1.807, 2.05) is 52.7 Å². The molecular weight excluding hydrogens is 420 g/mol. The Morgan fingerprint density at radius 1 is 1.09 bits per heavy atom. The number of rotatable bonds is 9. The number of aryl methyl sites for hydroxylation is 1. The van der Waals surface area contributed by atoms with Crippen LogP contribution >= 0.6 is 11.3 Å². The highest BCUT2D eigenvalue weighted by Crippen LogP contribution is 2.32. The molecular formula is C26H30N2O3S. The van der Waals surface area contributed by atoms with Gasteiger partial charge in [0.05, 0.1) is 13.5 Å². The summed E-state index contributed by atoms with van der Waals surface area (Å²) in [5, 5.41) is 2.03. The zero-order valence-electron chi connectivity index (χ0n) is 18.7. The normalized spacial score (nSPS) is 15.5. The van der Waals surface area contributed by atoms with Gasteiger partial charge in [0.15, 0.2) is 11.5 Å². The van der Waals surface area contributed by atoms with E-state index in [0.29, 0.717) is 13.0 Å². The van der Waals surface area contributed by atoms with E-state index < -0.39 is 0 Å². The smallest absolute Gasteiger partial charge is 0.232 e. The highest BCUT2D eigenvalue weighted by molar-refractivity contribution is 7.10. The number of likely N-dealkylation sites (N-methyl/N-ethyl adjacent to an activating group) is 1. The number of carbonyl (C=O) groups is 1. The Labute approximate surface area is 194 Å². The third-order valence-corrected chi connectivity index (χ3v) is 6.74. The number of amides is 1. The minimum absolute atomic E-state index is 0.147. The predicted octanol–water partition coefficient (Wildman–Crippen LogP) is 4.66. The maximum atomic E-state index is 13.4. The van der Waals surface area contributed by atoms with Crippen molar-refractivity contribution in [2.24, 2.45) is 0 Å². The summed E-state index contributed by atoms with van der Waals surface area (Å²) in [6.07, 6.45) is 2.41. The van der Waals surface area contributed by atoms with Crippen LogP contribution in [0.4, 0.5) is 5.69 Å². The number of nitrogens with zero attached hydrogens (tertiary/aromatic N) is 2. The Bertz CT molecular complexity index is 1020. The topological polar surface area (TPSA) is 42.0 Å². The third-order valence-electron chi connectivity index (χ3n) is 5.86. The molecule has 0 bridgehead atoms. The predicted molar refractivity (Wildman–Crippen MR) is 130 cm³/mol. The fraction of sp³-hybridized carbons (Fsp3) is 0.346. The lowest BCUT2D eigenvalue weighted by Gasteiger charge is -2.39. The number of methoxy groups -OCH3 is 1. The van der Waals surface area contributed by atoms with E-state index in [4.69, 9.17) is 9.47 Å². The molecule has 1 amide bonds. The molecule has 2 heterocycles. The zero-order valence-corrected chi connectivity index (χ0v) is 19.5. The molecule has 0 spiro atoms. The van der Waals surface area contributed by atoms with Crippen molar-refractivity contribution in [3.63, 3.8) is 0 Å². The largest absolute Gasteiger partial charge is 0.493 e. The second kappa shape index (κ2) is 10.7. The fourth-order valence-corrected chi connectivity index (χ4v) is 4.96. The van der Waals surface area contributed by atoms with Crippen LogP contribution in [0.25, 0.3) is 0 Å². The molecule has 0 saturated carbocycles. The van der Waals surface area contributed by atoms with Crippen molar-refractivity contribution in [1.82, 2.24) is 4.90 Å². The summed E-state index contributed by atoms with van der Waals surface area (Å²) >= 11 is 1.64. The minimum atomic E-state index is 0.147. The first kappa shape index (κ1) is 22.4. The van der Waals surface area contributed by atoms with E-state index in [2.05, 4.69) is 30.1 Å². The Hall–Kier alpha value is -2.83. The first-order valence-corrected chi connectivity index (χ1v) is 11.9. The molecule has 1 atom stereocenters. The van der Waals surface area contributed by atoms with Gasteiger partial charge in [-0.1, -0.05) is 36.4 Å². The van der Waals surface area contributed by atoms with Crippen LogP contribution in [0.3, 0.4) is 0 Å². The van der Waals surface area contributed by atoms with Crippen molar-refractivity contribution in [3.05, 3.63) is 76.5 Å². The van der Waals surface area contributed by atoms with Crippen molar-refractivity contribution in [2.45, 2.75) is 25.3 Å².